The van der Waals surface area contributed by atoms with Crippen LogP contribution in [-0.4, -0.2) is 29.9 Å². The van der Waals surface area contributed by atoms with E-state index in [0.29, 0.717) is 33.0 Å². The van der Waals surface area contributed by atoms with Crippen molar-refractivity contribution in [1.82, 2.24) is 14.3 Å². The van der Waals surface area contributed by atoms with Crippen LogP contribution in [0.3, 0.4) is 0 Å². The monoisotopic (exact) mass is 456 g/mol. The van der Waals surface area contributed by atoms with E-state index in [4.69, 9.17) is 16.3 Å². The zero-order valence-electron chi connectivity index (χ0n) is 15.5. The SMILES string of the molecule is COc1cc(Cl)c(C#N)cc1-c1nccc2cc(S(=O)(=O)Cc3ncns3)ccc12. The number of methoxy groups -OCH3 is 1. The first-order chi connectivity index (χ1) is 14.4. The number of halogens is 1. The molecule has 0 saturated carbocycles. The average Bonchev–Trinajstić information content (AvgIpc) is 3.25. The maximum Gasteiger partial charge on any atom is 0.184 e. The maximum atomic E-state index is 12.8. The summed E-state index contributed by atoms with van der Waals surface area (Å²) in [5, 5.41) is 11.4. The van der Waals surface area contributed by atoms with Gasteiger partial charge in [-0.2, -0.15) is 9.64 Å². The predicted octanol–water partition coefficient (Wildman–Crippen LogP) is 4.26. The minimum absolute atomic E-state index is 0.183. The van der Waals surface area contributed by atoms with Crippen LogP contribution in [-0.2, 0) is 15.6 Å². The molecule has 0 bridgehead atoms. The fraction of sp³-hybridized carbons (Fsp3) is 0.100. The molecule has 0 N–H and O–H groups in total. The van der Waals surface area contributed by atoms with Crippen LogP contribution in [0.5, 0.6) is 5.75 Å². The molecule has 2 aromatic heterocycles. The summed E-state index contributed by atoms with van der Waals surface area (Å²) >= 11 is 7.17. The number of nitriles is 1. The Kier molecular flexibility index (Phi) is 5.39. The topological polar surface area (TPSA) is 106 Å². The van der Waals surface area contributed by atoms with Crippen molar-refractivity contribution >= 4 is 43.7 Å². The second-order valence-corrected chi connectivity index (χ2v) is 9.54. The van der Waals surface area contributed by atoms with E-state index < -0.39 is 9.84 Å². The summed E-state index contributed by atoms with van der Waals surface area (Å²) < 4.78 is 34.8. The van der Waals surface area contributed by atoms with Crippen molar-refractivity contribution in [2.45, 2.75) is 10.6 Å². The second-order valence-electron chi connectivity index (χ2n) is 6.28. The number of pyridine rings is 1. The molecular weight excluding hydrogens is 444 g/mol. The first-order valence-corrected chi connectivity index (χ1v) is 11.4. The minimum Gasteiger partial charge on any atom is -0.496 e. The summed E-state index contributed by atoms with van der Waals surface area (Å²) in [5.74, 6) is 0.254. The molecule has 30 heavy (non-hydrogen) atoms. The summed E-state index contributed by atoms with van der Waals surface area (Å²) in [7, 11) is -2.07. The molecule has 0 aliphatic rings. The van der Waals surface area contributed by atoms with Crippen molar-refractivity contribution in [3.63, 3.8) is 0 Å². The lowest BCUT2D eigenvalue weighted by molar-refractivity contribution is 0.416. The van der Waals surface area contributed by atoms with Gasteiger partial charge in [0.1, 0.15) is 28.9 Å². The first-order valence-electron chi connectivity index (χ1n) is 8.58. The van der Waals surface area contributed by atoms with Gasteiger partial charge in [-0.15, -0.1) is 0 Å². The Morgan fingerprint density at radius 3 is 2.73 bits per heavy atom. The van der Waals surface area contributed by atoms with Crippen LogP contribution in [0.4, 0.5) is 0 Å². The van der Waals surface area contributed by atoms with Crippen LogP contribution in [0.15, 0.2) is 53.8 Å². The lowest BCUT2D eigenvalue weighted by atomic mass is 10.0. The highest BCUT2D eigenvalue weighted by Gasteiger charge is 2.20. The fourth-order valence-electron chi connectivity index (χ4n) is 3.06. The van der Waals surface area contributed by atoms with Crippen LogP contribution < -0.4 is 4.74 Å². The van der Waals surface area contributed by atoms with Gasteiger partial charge in [-0.05, 0) is 41.2 Å². The zero-order valence-corrected chi connectivity index (χ0v) is 17.9. The van der Waals surface area contributed by atoms with Gasteiger partial charge in [0.05, 0.1) is 28.3 Å². The number of hydrogen-bond donors (Lipinski definition) is 0. The number of ether oxygens (including phenoxy) is 1. The van der Waals surface area contributed by atoms with Crippen LogP contribution >= 0.6 is 23.1 Å². The Morgan fingerprint density at radius 1 is 1.20 bits per heavy atom. The third kappa shape index (κ3) is 3.73. The number of aromatic nitrogens is 3. The van der Waals surface area contributed by atoms with E-state index in [1.54, 1.807) is 36.5 Å². The fourth-order valence-corrected chi connectivity index (χ4v) is 5.39. The first kappa shape index (κ1) is 20.2. The molecule has 0 spiro atoms. The lowest BCUT2D eigenvalue weighted by Gasteiger charge is -2.12. The molecule has 2 heterocycles. The van der Waals surface area contributed by atoms with Crippen molar-refractivity contribution in [2.24, 2.45) is 0 Å². The number of sulfone groups is 1. The van der Waals surface area contributed by atoms with Gasteiger partial charge in [0, 0.05) is 23.2 Å². The molecule has 4 rings (SSSR count). The van der Waals surface area contributed by atoms with Gasteiger partial charge in [-0.3, -0.25) is 4.98 Å². The van der Waals surface area contributed by atoms with E-state index in [2.05, 4.69) is 20.4 Å². The Morgan fingerprint density at radius 2 is 2.03 bits per heavy atom. The van der Waals surface area contributed by atoms with Crippen molar-refractivity contribution < 1.29 is 13.2 Å². The molecule has 7 nitrogen and oxygen atoms in total. The predicted molar refractivity (Wildman–Crippen MR) is 114 cm³/mol. The molecule has 0 radical (unpaired) electrons. The molecule has 4 aromatic rings. The lowest BCUT2D eigenvalue weighted by Crippen LogP contribution is -2.04. The molecule has 0 atom stereocenters. The maximum absolute atomic E-state index is 12.8. The molecule has 10 heteroatoms. The molecule has 150 valence electrons. The Hall–Kier alpha value is -3.06. The van der Waals surface area contributed by atoms with Gasteiger partial charge in [0.25, 0.3) is 0 Å². The van der Waals surface area contributed by atoms with E-state index in [1.165, 1.54) is 19.5 Å². The molecule has 0 fully saturated rings. The Labute approximate surface area is 181 Å². The van der Waals surface area contributed by atoms with Crippen molar-refractivity contribution in [3.05, 3.63) is 64.5 Å². The van der Waals surface area contributed by atoms with Crippen molar-refractivity contribution in [3.8, 4) is 23.1 Å². The average molecular weight is 457 g/mol. The molecule has 0 aliphatic carbocycles. The van der Waals surface area contributed by atoms with Crippen molar-refractivity contribution in [1.29, 1.82) is 5.26 Å². The summed E-state index contributed by atoms with van der Waals surface area (Å²) in [6.45, 7) is 0. The van der Waals surface area contributed by atoms with Gasteiger partial charge < -0.3 is 4.74 Å². The molecular formula is C20H13ClN4O3S2. The highest BCUT2D eigenvalue weighted by atomic mass is 35.5. The number of nitrogens with zero attached hydrogens (tertiary/aromatic N) is 4. The van der Waals surface area contributed by atoms with E-state index in [1.807, 2.05) is 0 Å². The summed E-state index contributed by atoms with van der Waals surface area (Å²) in [5.41, 5.74) is 1.45. The molecule has 2 aromatic carbocycles. The van der Waals surface area contributed by atoms with E-state index >= 15 is 0 Å². The standard InChI is InChI=1S/C20H13ClN4O3S2/c1-28-18-8-17(21)13(9-22)7-16(18)20-15-3-2-14(6-12(15)4-5-23-20)30(26,27)10-19-24-11-25-29-19/h2-8,11H,10H2,1H3. The molecule has 0 aliphatic heterocycles. The third-order valence-corrected chi connectivity index (χ3v) is 7.26. The van der Waals surface area contributed by atoms with Gasteiger partial charge in [0.15, 0.2) is 9.84 Å². The van der Waals surface area contributed by atoms with Crippen LogP contribution in [0.2, 0.25) is 5.02 Å². The quantitative estimate of drug-likeness (QED) is 0.441. The third-order valence-electron chi connectivity index (χ3n) is 4.48. The van der Waals surface area contributed by atoms with Gasteiger partial charge in [-0.25, -0.2) is 13.4 Å². The smallest absolute Gasteiger partial charge is 0.184 e. The number of rotatable bonds is 5. The minimum atomic E-state index is -3.58. The summed E-state index contributed by atoms with van der Waals surface area (Å²) in [6.07, 6.45) is 2.92. The number of hydrogen-bond acceptors (Lipinski definition) is 8. The normalized spacial score (nSPS) is 11.4. The van der Waals surface area contributed by atoms with E-state index in [9.17, 15) is 13.7 Å². The second kappa shape index (κ2) is 7.99. The molecule has 0 saturated heterocycles. The highest BCUT2D eigenvalue weighted by Crippen LogP contribution is 2.37. The number of benzene rings is 2. The van der Waals surface area contributed by atoms with Gasteiger partial charge >= 0.3 is 0 Å². The number of fused-ring (bicyclic) bond motifs is 1. The highest BCUT2D eigenvalue weighted by molar-refractivity contribution is 7.90. The Bertz CT molecular complexity index is 1400. The van der Waals surface area contributed by atoms with Crippen LogP contribution in [0, 0.1) is 11.3 Å². The zero-order chi connectivity index (χ0) is 21.3. The van der Waals surface area contributed by atoms with Crippen LogP contribution in [0.25, 0.3) is 22.0 Å². The Balaban J connectivity index is 1.85. The van der Waals surface area contributed by atoms with E-state index in [0.717, 1.165) is 16.9 Å². The van der Waals surface area contributed by atoms with Gasteiger partial charge in [0.2, 0.25) is 0 Å². The summed E-state index contributed by atoms with van der Waals surface area (Å²) in [4.78, 5) is 8.58. The molecule has 0 amide bonds. The van der Waals surface area contributed by atoms with Crippen LogP contribution in [0.1, 0.15) is 10.6 Å². The van der Waals surface area contributed by atoms with Gasteiger partial charge in [-0.1, -0.05) is 17.7 Å². The largest absolute Gasteiger partial charge is 0.496 e. The van der Waals surface area contributed by atoms with Crippen molar-refractivity contribution in [2.75, 3.05) is 7.11 Å². The van der Waals surface area contributed by atoms with E-state index in [-0.39, 0.29) is 15.7 Å². The molecule has 0 unspecified atom stereocenters. The summed E-state index contributed by atoms with van der Waals surface area (Å²) in [6, 6.07) is 11.8.